The Balaban J connectivity index is 1.33. The van der Waals surface area contributed by atoms with E-state index in [-0.39, 0.29) is 12.9 Å². The summed E-state index contributed by atoms with van der Waals surface area (Å²) in [6.07, 6.45) is -3.48. The van der Waals surface area contributed by atoms with Crippen LogP contribution in [0.3, 0.4) is 0 Å². The molecular weight excluding hydrogens is 429 g/mol. The third kappa shape index (κ3) is 4.69. The van der Waals surface area contributed by atoms with Gasteiger partial charge in [-0.05, 0) is 17.7 Å². The molecule has 0 aliphatic carbocycles. The summed E-state index contributed by atoms with van der Waals surface area (Å²) in [6, 6.07) is 7.10. The van der Waals surface area contributed by atoms with Crippen molar-refractivity contribution < 1.29 is 37.0 Å². The molecular formula is C22H23F3N2O5. The molecule has 0 radical (unpaired) electrons. The van der Waals surface area contributed by atoms with Crippen LogP contribution in [0.1, 0.15) is 23.1 Å². The Morgan fingerprint density at radius 3 is 2.66 bits per heavy atom. The van der Waals surface area contributed by atoms with Gasteiger partial charge in [-0.1, -0.05) is 23.4 Å². The third-order valence-electron chi connectivity index (χ3n) is 5.21. The summed E-state index contributed by atoms with van der Waals surface area (Å²) < 4.78 is 60.5. The summed E-state index contributed by atoms with van der Waals surface area (Å²) in [6.45, 7) is 0.818. The van der Waals surface area contributed by atoms with Crippen LogP contribution < -0.4 is 24.3 Å². The van der Waals surface area contributed by atoms with Crippen LogP contribution in [0.25, 0.3) is 0 Å². The van der Waals surface area contributed by atoms with Crippen LogP contribution in [0.2, 0.25) is 0 Å². The largest absolute Gasteiger partial charge is 0.492 e. The maximum Gasteiger partial charge on any atom is 0.416 e. The second-order valence-electron chi connectivity index (χ2n) is 7.43. The molecule has 2 aromatic carbocycles. The maximum atomic E-state index is 12.8. The average molecular weight is 452 g/mol. The third-order valence-corrected chi connectivity index (χ3v) is 5.21. The molecule has 4 rings (SSSR count). The van der Waals surface area contributed by atoms with Gasteiger partial charge in [-0.2, -0.15) is 13.2 Å². The fraction of sp³-hybridized carbons (Fsp3) is 0.409. The zero-order valence-electron chi connectivity index (χ0n) is 17.6. The van der Waals surface area contributed by atoms with Gasteiger partial charge >= 0.3 is 6.18 Å². The highest BCUT2D eigenvalue weighted by Crippen LogP contribution is 2.49. The molecule has 1 N–H and O–H groups in total. The van der Waals surface area contributed by atoms with Gasteiger partial charge in [0.15, 0.2) is 11.5 Å². The Morgan fingerprint density at radius 1 is 1.09 bits per heavy atom. The fourth-order valence-corrected chi connectivity index (χ4v) is 3.76. The second-order valence-corrected chi connectivity index (χ2v) is 7.43. The number of halogens is 3. The highest BCUT2D eigenvalue weighted by atomic mass is 19.4. The average Bonchev–Trinajstić information content (AvgIpc) is 3.41. The Labute approximate surface area is 183 Å². The molecule has 0 unspecified atom stereocenters. The number of oxime groups is 1. The van der Waals surface area contributed by atoms with Gasteiger partial charge in [0.1, 0.15) is 6.10 Å². The first kappa shape index (κ1) is 22.1. The molecule has 0 spiro atoms. The van der Waals surface area contributed by atoms with Gasteiger partial charge < -0.3 is 29.1 Å². The summed E-state index contributed by atoms with van der Waals surface area (Å²) in [7, 11) is 3.09. The van der Waals surface area contributed by atoms with Crippen molar-refractivity contribution in [2.75, 3.05) is 27.6 Å². The van der Waals surface area contributed by atoms with Crippen molar-refractivity contribution in [1.82, 2.24) is 5.32 Å². The zero-order valence-corrected chi connectivity index (χ0v) is 17.6. The van der Waals surface area contributed by atoms with Crippen molar-refractivity contribution in [3.8, 4) is 23.0 Å². The summed E-state index contributed by atoms with van der Waals surface area (Å²) in [5, 5.41) is 7.24. The Hall–Kier alpha value is -3.14. The molecule has 2 aliphatic heterocycles. The molecule has 0 aromatic heterocycles. The SMILES string of the molecule is COc1c(C[C@H]2CC(CNCc3cccc(C(F)(F)F)c3)=NO2)cc2c(c1OC)OCO2. The number of fused-ring (bicyclic) bond motifs is 1. The maximum absolute atomic E-state index is 12.8. The lowest BCUT2D eigenvalue weighted by atomic mass is 10.0. The van der Waals surface area contributed by atoms with E-state index in [1.165, 1.54) is 13.2 Å². The smallest absolute Gasteiger partial charge is 0.416 e. The Kier molecular flexibility index (Phi) is 6.31. The molecule has 0 saturated carbocycles. The van der Waals surface area contributed by atoms with E-state index in [0.29, 0.717) is 54.5 Å². The Bertz CT molecular complexity index is 1010. The van der Waals surface area contributed by atoms with Crippen LogP contribution >= 0.6 is 0 Å². The first-order valence-corrected chi connectivity index (χ1v) is 10.0. The van der Waals surface area contributed by atoms with E-state index in [1.54, 1.807) is 13.2 Å². The van der Waals surface area contributed by atoms with Gasteiger partial charge in [0, 0.05) is 31.5 Å². The minimum Gasteiger partial charge on any atom is -0.492 e. The van der Waals surface area contributed by atoms with Gasteiger partial charge in [0.2, 0.25) is 18.3 Å². The first-order chi connectivity index (χ1) is 15.4. The van der Waals surface area contributed by atoms with Gasteiger partial charge in [-0.15, -0.1) is 0 Å². The van der Waals surface area contributed by atoms with Crippen LogP contribution in [-0.2, 0) is 24.0 Å². The minimum absolute atomic E-state index is 0.114. The number of nitrogens with one attached hydrogen (secondary N) is 1. The standard InChI is InChI=1S/C22H23F3N2O5/c1-28-19-14(8-18-20(21(19)29-2)31-12-30-18)7-17-9-16(27-32-17)11-26-10-13-4-3-5-15(6-13)22(23,24)25/h3-6,8,17,26H,7,9-12H2,1-2H3/t17-/m0/s1. The van der Waals surface area contributed by atoms with E-state index in [4.69, 9.17) is 23.8 Å². The topological polar surface area (TPSA) is 70.5 Å². The molecule has 2 heterocycles. The molecule has 0 amide bonds. The van der Waals surface area contributed by atoms with Crippen molar-refractivity contribution in [2.45, 2.75) is 31.7 Å². The van der Waals surface area contributed by atoms with Crippen LogP contribution in [-0.4, -0.2) is 39.4 Å². The van der Waals surface area contributed by atoms with Gasteiger partial charge in [-0.25, -0.2) is 0 Å². The number of hydrogen-bond acceptors (Lipinski definition) is 7. The molecule has 1 atom stereocenters. The second kappa shape index (κ2) is 9.15. The molecule has 172 valence electrons. The minimum atomic E-state index is -4.36. The predicted molar refractivity (Wildman–Crippen MR) is 109 cm³/mol. The summed E-state index contributed by atoms with van der Waals surface area (Å²) >= 11 is 0. The number of alkyl halides is 3. The normalized spacial score (nSPS) is 17.2. The lowest BCUT2D eigenvalue weighted by Gasteiger charge is -2.16. The molecule has 0 bridgehead atoms. The monoisotopic (exact) mass is 452 g/mol. The van der Waals surface area contributed by atoms with E-state index in [0.717, 1.165) is 23.4 Å². The Morgan fingerprint density at radius 2 is 1.91 bits per heavy atom. The van der Waals surface area contributed by atoms with Crippen LogP contribution in [0.5, 0.6) is 23.0 Å². The van der Waals surface area contributed by atoms with Crippen molar-refractivity contribution in [3.05, 3.63) is 47.0 Å². The van der Waals surface area contributed by atoms with E-state index in [9.17, 15) is 13.2 Å². The van der Waals surface area contributed by atoms with Gasteiger partial charge in [-0.3, -0.25) is 0 Å². The van der Waals surface area contributed by atoms with E-state index in [1.807, 2.05) is 6.07 Å². The quantitative estimate of drug-likeness (QED) is 0.655. The highest BCUT2D eigenvalue weighted by molar-refractivity contribution is 5.87. The van der Waals surface area contributed by atoms with Crippen LogP contribution in [0.4, 0.5) is 13.2 Å². The molecule has 7 nitrogen and oxygen atoms in total. The van der Waals surface area contributed by atoms with Crippen LogP contribution in [0, 0.1) is 0 Å². The number of ether oxygens (including phenoxy) is 4. The van der Waals surface area contributed by atoms with Crippen LogP contribution in [0.15, 0.2) is 35.5 Å². The molecule has 0 fully saturated rings. The number of rotatable bonds is 8. The van der Waals surface area contributed by atoms with E-state index >= 15 is 0 Å². The summed E-state index contributed by atoms with van der Waals surface area (Å²) in [4.78, 5) is 5.56. The number of hydrogen-bond donors (Lipinski definition) is 1. The predicted octanol–water partition coefficient (Wildman–Crippen LogP) is 3.93. The van der Waals surface area contributed by atoms with E-state index < -0.39 is 11.7 Å². The number of nitrogens with zero attached hydrogens (tertiary/aromatic N) is 1. The van der Waals surface area contributed by atoms with Crippen molar-refractivity contribution in [1.29, 1.82) is 0 Å². The molecule has 2 aliphatic rings. The number of methoxy groups -OCH3 is 2. The summed E-state index contributed by atoms with van der Waals surface area (Å²) in [5.41, 5.74) is 1.51. The van der Waals surface area contributed by atoms with E-state index in [2.05, 4.69) is 10.5 Å². The van der Waals surface area contributed by atoms with Crippen molar-refractivity contribution in [3.63, 3.8) is 0 Å². The summed E-state index contributed by atoms with van der Waals surface area (Å²) in [5.74, 6) is 2.12. The molecule has 2 aromatic rings. The van der Waals surface area contributed by atoms with Crippen molar-refractivity contribution >= 4 is 5.71 Å². The fourth-order valence-electron chi connectivity index (χ4n) is 3.76. The van der Waals surface area contributed by atoms with Gasteiger partial charge in [0.05, 0.1) is 25.5 Å². The zero-order chi connectivity index (χ0) is 22.7. The molecule has 10 heteroatoms. The first-order valence-electron chi connectivity index (χ1n) is 10.0. The molecule has 0 saturated heterocycles. The number of benzene rings is 2. The highest BCUT2D eigenvalue weighted by Gasteiger charge is 2.31. The molecule has 32 heavy (non-hydrogen) atoms. The van der Waals surface area contributed by atoms with Crippen molar-refractivity contribution in [2.24, 2.45) is 5.16 Å². The lowest BCUT2D eigenvalue weighted by molar-refractivity contribution is -0.137. The van der Waals surface area contributed by atoms with Gasteiger partial charge in [0.25, 0.3) is 0 Å². The lowest BCUT2D eigenvalue weighted by Crippen LogP contribution is -2.23.